The largest absolute Gasteiger partial charge is 0.394 e. The van der Waals surface area contributed by atoms with Gasteiger partial charge in [-0.15, -0.1) is 5.10 Å². The number of hydrogen-bond acceptors (Lipinski definition) is 7. The topological polar surface area (TPSA) is 101 Å². The third-order valence-electron chi connectivity index (χ3n) is 3.80. The minimum absolute atomic E-state index is 0.0221. The van der Waals surface area contributed by atoms with Gasteiger partial charge in [-0.1, -0.05) is 42.5 Å². The molecule has 1 unspecified atom stereocenters. The summed E-state index contributed by atoms with van der Waals surface area (Å²) in [7, 11) is 1.79. The number of aliphatic hydroxyl groups excluding tert-OH is 1. The number of rotatable bonds is 7. The van der Waals surface area contributed by atoms with Gasteiger partial charge < -0.3 is 15.7 Å². The number of fused-ring (bicyclic) bond motifs is 1. The van der Waals surface area contributed by atoms with Crippen molar-refractivity contribution in [1.82, 2.24) is 25.0 Å². The first-order valence-electron chi connectivity index (χ1n) is 7.94. The van der Waals surface area contributed by atoms with Gasteiger partial charge in [0.1, 0.15) is 0 Å². The average Bonchev–Trinajstić information content (AvgIpc) is 3.00. The van der Waals surface area contributed by atoms with Crippen LogP contribution < -0.4 is 10.6 Å². The maximum atomic E-state index is 9.37. The molecule has 0 fully saturated rings. The zero-order valence-corrected chi connectivity index (χ0v) is 13.8. The molecule has 0 saturated carbocycles. The minimum Gasteiger partial charge on any atom is -0.394 e. The van der Waals surface area contributed by atoms with Crippen molar-refractivity contribution in [2.24, 2.45) is 7.05 Å². The molecular formula is C16H21N7O. The van der Waals surface area contributed by atoms with Crippen molar-refractivity contribution < 1.29 is 5.11 Å². The van der Waals surface area contributed by atoms with Crippen LogP contribution in [0.4, 0.5) is 11.8 Å². The van der Waals surface area contributed by atoms with Crippen LogP contribution in [0.2, 0.25) is 0 Å². The van der Waals surface area contributed by atoms with Gasteiger partial charge in [-0.2, -0.15) is 9.97 Å². The van der Waals surface area contributed by atoms with Crippen molar-refractivity contribution in [3.63, 3.8) is 0 Å². The Bertz CT molecular complexity index is 799. The van der Waals surface area contributed by atoms with E-state index in [2.05, 4.69) is 30.9 Å². The summed E-state index contributed by atoms with van der Waals surface area (Å²) in [6.07, 6.45) is 0.772. The fourth-order valence-corrected chi connectivity index (χ4v) is 2.34. The van der Waals surface area contributed by atoms with Gasteiger partial charge in [-0.3, -0.25) is 0 Å². The maximum absolute atomic E-state index is 9.37. The third kappa shape index (κ3) is 3.43. The predicted octanol–water partition coefficient (Wildman–Crippen LogP) is 1.55. The van der Waals surface area contributed by atoms with E-state index in [4.69, 9.17) is 0 Å². The van der Waals surface area contributed by atoms with E-state index in [9.17, 15) is 5.11 Å². The lowest BCUT2D eigenvalue weighted by Gasteiger charge is -2.15. The van der Waals surface area contributed by atoms with Crippen LogP contribution in [-0.2, 0) is 13.6 Å². The molecule has 0 aliphatic rings. The SMILES string of the molecule is CCC(CO)Nc1nc(NCc2ccccc2)c2nnn(C)c2n1. The van der Waals surface area contributed by atoms with Crippen molar-refractivity contribution in [1.29, 1.82) is 0 Å². The van der Waals surface area contributed by atoms with Crippen molar-refractivity contribution in [2.45, 2.75) is 25.9 Å². The van der Waals surface area contributed by atoms with Gasteiger partial charge in [0.25, 0.3) is 0 Å². The predicted molar refractivity (Wildman–Crippen MR) is 92.7 cm³/mol. The highest BCUT2D eigenvalue weighted by molar-refractivity contribution is 5.83. The molecule has 3 aromatic rings. The Labute approximate surface area is 139 Å². The minimum atomic E-state index is -0.0920. The van der Waals surface area contributed by atoms with E-state index in [-0.39, 0.29) is 12.6 Å². The molecule has 1 atom stereocenters. The molecule has 126 valence electrons. The number of hydrogen-bond donors (Lipinski definition) is 3. The van der Waals surface area contributed by atoms with Gasteiger partial charge in [-0.05, 0) is 12.0 Å². The Hall–Kier alpha value is -2.74. The highest BCUT2D eigenvalue weighted by Crippen LogP contribution is 2.20. The van der Waals surface area contributed by atoms with Crippen LogP contribution >= 0.6 is 0 Å². The molecule has 0 aliphatic carbocycles. The Morgan fingerprint density at radius 3 is 2.71 bits per heavy atom. The first-order chi connectivity index (χ1) is 11.7. The van der Waals surface area contributed by atoms with E-state index in [1.54, 1.807) is 11.7 Å². The van der Waals surface area contributed by atoms with Gasteiger partial charge in [0.05, 0.1) is 12.6 Å². The lowest BCUT2D eigenvalue weighted by Crippen LogP contribution is -2.24. The van der Waals surface area contributed by atoms with Crippen molar-refractivity contribution in [2.75, 3.05) is 17.2 Å². The summed E-state index contributed by atoms with van der Waals surface area (Å²) in [5.74, 6) is 1.07. The second-order valence-electron chi connectivity index (χ2n) is 5.55. The summed E-state index contributed by atoms with van der Waals surface area (Å²) in [6, 6.07) is 9.96. The lowest BCUT2D eigenvalue weighted by atomic mass is 10.2. The molecule has 0 bridgehead atoms. The summed E-state index contributed by atoms with van der Waals surface area (Å²) in [4.78, 5) is 8.96. The number of nitrogens with zero attached hydrogens (tertiary/aromatic N) is 5. The summed E-state index contributed by atoms with van der Waals surface area (Å²) in [6.45, 7) is 2.64. The van der Waals surface area contributed by atoms with Crippen LogP contribution in [0, 0.1) is 0 Å². The molecule has 0 saturated heterocycles. The van der Waals surface area contributed by atoms with Crippen molar-refractivity contribution in [3.05, 3.63) is 35.9 Å². The van der Waals surface area contributed by atoms with Gasteiger partial charge >= 0.3 is 0 Å². The second kappa shape index (κ2) is 7.22. The molecule has 8 nitrogen and oxygen atoms in total. The normalized spacial score (nSPS) is 12.3. The maximum Gasteiger partial charge on any atom is 0.227 e. The number of aromatic nitrogens is 5. The number of aliphatic hydroxyl groups is 1. The summed E-state index contributed by atoms with van der Waals surface area (Å²) < 4.78 is 1.61. The molecule has 24 heavy (non-hydrogen) atoms. The quantitative estimate of drug-likeness (QED) is 0.605. The molecule has 3 N–H and O–H groups in total. The van der Waals surface area contributed by atoms with E-state index in [1.807, 2.05) is 37.3 Å². The number of benzene rings is 1. The smallest absolute Gasteiger partial charge is 0.227 e. The van der Waals surface area contributed by atoms with Crippen LogP contribution in [0.3, 0.4) is 0 Å². The highest BCUT2D eigenvalue weighted by atomic mass is 16.3. The highest BCUT2D eigenvalue weighted by Gasteiger charge is 2.15. The average molecular weight is 327 g/mol. The van der Waals surface area contributed by atoms with Crippen molar-refractivity contribution in [3.8, 4) is 0 Å². The molecule has 0 aliphatic heterocycles. The van der Waals surface area contributed by atoms with Crippen molar-refractivity contribution >= 4 is 22.9 Å². The molecule has 3 rings (SSSR count). The molecule has 1 aromatic carbocycles. The summed E-state index contributed by atoms with van der Waals surface area (Å²) in [5.41, 5.74) is 2.40. The molecule has 0 radical (unpaired) electrons. The van der Waals surface area contributed by atoms with Crippen LogP contribution in [0.5, 0.6) is 0 Å². The zero-order valence-electron chi connectivity index (χ0n) is 13.8. The Morgan fingerprint density at radius 1 is 1.21 bits per heavy atom. The fourth-order valence-electron chi connectivity index (χ4n) is 2.34. The zero-order chi connectivity index (χ0) is 16.9. The third-order valence-corrected chi connectivity index (χ3v) is 3.80. The Kier molecular flexibility index (Phi) is 4.85. The summed E-state index contributed by atoms with van der Waals surface area (Å²) >= 11 is 0. The monoisotopic (exact) mass is 327 g/mol. The molecule has 0 spiro atoms. The van der Waals surface area contributed by atoms with Crippen LogP contribution in [0.25, 0.3) is 11.2 Å². The van der Waals surface area contributed by atoms with Gasteiger partial charge in [0.15, 0.2) is 17.0 Å². The molecule has 2 aromatic heterocycles. The standard InChI is InChI=1S/C16H21N7O/c1-3-12(10-24)18-16-19-14(13-15(20-16)23(2)22-21-13)17-9-11-7-5-4-6-8-11/h4-8,12,24H,3,9-10H2,1-2H3,(H2,17,18,19,20). The number of aryl methyl sites for hydroxylation is 1. The fraction of sp³-hybridized carbons (Fsp3) is 0.375. The Morgan fingerprint density at radius 2 is 2.00 bits per heavy atom. The number of nitrogens with one attached hydrogen (secondary N) is 2. The molecular weight excluding hydrogens is 306 g/mol. The summed E-state index contributed by atoms with van der Waals surface area (Å²) in [5, 5.41) is 24.0. The number of anilines is 2. The van der Waals surface area contributed by atoms with E-state index < -0.39 is 0 Å². The van der Waals surface area contributed by atoms with Crippen LogP contribution in [0.15, 0.2) is 30.3 Å². The first-order valence-corrected chi connectivity index (χ1v) is 7.94. The Balaban J connectivity index is 1.90. The van der Waals surface area contributed by atoms with E-state index in [0.717, 1.165) is 12.0 Å². The molecule has 8 heteroatoms. The van der Waals surface area contributed by atoms with Gasteiger partial charge in [-0.25, -0.2) is 4.68 Å². The molecule has 2 heterocycles. The van der Waals surface area contributed by atoms with Crippen LogP contribution in [0.1, 0.15) is 18.9 Å². The van der Waals surface area contributed by atoms with E-state index in [1.165, 1.54) is 0 Å². The first kappa shape index (κ1) is 16.1. The van der Waals surface area contributed by atoms with Gasteiger partial charge in [0, 0.05) is 13.6 Å². The lowest BCUT2D eigenvalue weighted by molar-refractivity contribution is 0.271. The second-order valence-corrected chi connectivity index (χ2v) is 5.55. The van der Waals surface area contributed by atoms with Crippen LogP contribution in [-0.4, -0.2) is 42.7 Å². The molecule has 0 amide bonds. The van der Waals surface area contributed by atoms with E-state index >= 15 is 0 Å². The van der Waals surface area contributed by atoms with Gasteiger partial charge in [0.2, 0.25) is 5.95 Å². The van der Waals surface area contributed by atoms with E-state index in [0.29, 0.717) is 29.5 Å².